The van der Waals surface area contributed by atoms with E-state index in [-0.39, 0.29) is 23.2 Å². The Labute approximate surface area is 123 Å². The summed E-state index contributed by atoms with van der Waals surface area (Å²) in [5.74, 6) is -0.956. The summed E-state index contributed by atoms with van der Waals surface area (Å²) in [6.45, 7) is 2.83. The lowest BCUT2D eigenvalue weighted by molar-refractivity contribution is -0.151. The summed E-state index contributed by atoms with van der Waals surface area (Å²) in [6, 6.07) is 7.51. The molecule has 0 spiro atoms. The summed E-state index contributed by atoms with van der Waals surface area (Å²) in [6.07, 6.45) is 1.73. The molecule has 1 saturated carbocycles. The Morgan fingerprint density at radius 1 is 1.29 bits per heavy atom. The third-order valence-corrected chi connectivity index (χ3v) is 4.92. The van der Waals surface area contributed by atoms with E-state index in [4.69, 9.17) is 10.8 Å². The van der Waals surface area contributed by atoms with E-state index in [1.807, 2.05) is 24.3 Å². The van der Waals surface area contributed by atoms with Gasteiger partial charge in [0.25, 0.3) is 0 Å². The second-order valence-electron chi connectivity index (χ2n) is 6.30. The normalized spacial score (nSPS) is 21.5. The van der Waals surface area contributed by atoms with E-state index in [1.165, 1.54) is 0 Å². The number of aliphatic carboxylic acids is 1. The van der Waals surface area contributed by atoms with Gasteiger partial charge in [-0.3, -0.25) is 9.59 Å². The van der Waals surface area contributed by atoms with Gasteiger partial charge in [0.2, 0.25) is 5.91 Å². The number of hydrogen-bond donors (Lipinski definition) is 2. The fourth-order valence-electron chi connectivity index (χ4n) is 3.05. The molecule has 1 atom stereocenters. The SMILES string of the molecule is CC(C(=O)O)C1CN(C(=O)C2(c3ccc(N)cc3)CC2)C1. The Hall–Kier alpha value is -2.04. The molecule has 0 bridgehead atoms. The van der Waals surface area contributed by atoms with Gasteiger partial charge in [0, 0.05) is 24.7 Å². The number of nitrogens with two attached hydrogens (primary N) is 1. The minimum atomic E-state index is -0.785. The van der Waals surface area contributed by atoms with E-state index in [0.29, 0.717) is 18.8 Å². The number of amides is 1. The molecular formula is C16H20N2O3. The number of hydrogen-bond acceptors (Lipinski definition) is 3. The third-order valence-electron chi connectivity index (χ3n) is 4.92. The number of anilines is 1. The van der Waals surface area contributed by atoms with E-state index in [1.54, 1.807) is 11.8 Å². The lowest BCUT2D eigenvalue weighted by Gasteiger charge is -2.43. The number of nitrogen functional groups attached to an aromatic ring is 1. The summed E-state index contributed by atoms with van der Waals surface area (Å²) in [7, 11) is 0. The summed E-state index contributed by atoms with van der Waals surface area (Å²) >= 11 is 0. The molecule has 2 fully saturated rings. The number of benzene rings is 1. The third kappa shape index (κ3) is 2.26. The molecule has 5 heteroatoms. The quantitative estimate of drug-likeness (QED) is 0.822. The lowest BCUT2D eigenvalue weighted by Crippen LogP contribution is -2.56. The molecule has 1 aromatic rings. The monoisotopic (exact) mass is 288 g/mol. The van der Waals surface area contributed by atoms with Crippen molar-refractivity contribution in [1.82, 2.24) is 4.90 Å². The van der Waals surface area contributed by atoms with Crippen molar-refractivity contribution in [1.29, 1.82) is 0 Å². The summed E-state index contributed by atoms with van der Waals surface area (Å²) in [5.41, 5.74) is 7.03. The van der Waals surface area contributed by atoms with Crippen LogP contribution in [0.15, 0.2) is 24.3 Å². The zero-order valence-electron chi connectivity index (χ0n) is 12.1. The molecule has 2 aliphatic rings. The molecule has 1 heterocycles. The van der Waals surface area contributed by atoms with Crippen molar-refractivity contribution >= 4 is 17.6 Å². The smallest absolute Gasteiger partial charge is 0.306 e. The number of rotatable bonds is 4. The number of carbonyl (C=O) groups is 2. The Balaban J connectivity index is 1.67. The molecule has 0 radical (unpaired) electrons. The molecule has 1 aliphatic carbocycles. The van der Waals surface area contributed by atoms with Gasteiger partial charge in [-0.15, -0.1) is 0 Å². The Morgan fingerprint density at radius 2 is 1.86 bits per heavy atom. The minimum Gasteiger partial charge on any atom is -0.481 e. The van der Waals surface area contributed by atoms with Crippen LogP contribution >= 0.6 is 0 Å². The Morgan fingerprint density at radius 3 is 2.33 bits per heavy atom. The maximum Gasteiger partial charge on any atom is 0.306 e. The van der Waals surface area contributed by atoms with Crippen LogP contribution in [0, 0.1) is 11.8 Å². The second kappa shape index (κ2) is 4.76. The van der Waals surface area contributed by atoms with Crippen LogP contribution in [-0.2, 0) is 15.0 Å². The van der Waals surface area contributed by atoms with Gasteiger partial charge in [-0.2, -0.15) is 0 Å². The van der Waals surface area contributed by atoms with E-state index in [0.717, 1.165) is 18.4 Å². The number of carboxylic acid groups (broad SMARTS) is 1. The molecule has 112 valence electrons. The standard InChI is InChI=1S/C16H20N2O3/c1-10(14(19)20)11-8-18(9-11)15(21)16(6-7-16)12-2-4-13(17)5-3-12/h2-5,10-11H,6-9,17H2,1H3,(H,19,20). The first-order chi connectivity index (χ1) is 9.94. The van der Waals surface area contributed by atoms with Crippen molar-refractivity contribution < 1.29 is 14.7 Å². The zero-order valence-corrected chi connectivity index (χ0v) is 12.1. The van der Waals surface area contributed by atoms with Gasteiger partial charge in [0.15, 0.2) is 0 Å². The highest BCUT2D eigenvalue weighted by atomic mass is 16.4. The molecule has 1 aliphatic heterocycles. The number of carbonyl (C=O) groups excluding carboxylic acids is 1. The van der Waals surface area contributed by atoms with Crippen LogP contribution in [0.5, 0.6) is 0 Å². The highest BCUT2D eigenvalue weighted by Crippen LogP contribution is 2.50. The molecule has 21 heavy (non-hydrogen) atoms. The van der Waals surface area contributed by atoms with Crippen molar-refractivity contribution in [2.45, 2.75) is 25.2 Å². The number of nitrogens with zero attached hydrogens (tertiary/aromatic N) is 1. The van der Waals surface area contributed by atoms with Crippen molar-refractivity contribution in [3.05, 3.63) is 29.8 Å². The molecule has 1 unspecified atom stereocenters. The van der Waals surface area contributed by atoms with Crippen LogP contribution in [0.1, 0.15) is 25.3 Å². The number of likely N-dealkylation sites (tertiary alicyclic amines) is 1. The zero-order chi connectivity index (χ0) is 15.2. The van der Waals surface area contributed by atoms with Gasteiger partial charge >= 0.3 is 5.97 Å². The first-order valence-electron chi connectivity index (χ1n) is 7.32. The first kappa shape index (κ1) is 13.9. The van der Waals surface area contributed by atoms with Gasteiger partial charge in [-0.25, -0.2) is 0 Å². The van der Waals surface area contributed by atoms with Crippen LogP contribution in [0.3, 0.4) is 0 Å². The fourth-order valence-corrected chi connectivity index (χ4v) is 3.05. The molecular weight excluding hydrogens is 268 g/mol. The first-order valence-corrected chi connectivity index (χ1v) is 7.32. The molecule has 5 nitrogen and oxygen atoms in total. The van der Waals surface area contributed by atoms with Crippen molar-refractivity contribution in [2.24, 2.45) is 11.8 Å². The van der Waals surface area contributed by atoms with Gasteiger partial charge in [-0.1, -0.05) is 19.1 Å². The highest BCUT2D eigenvalue weighted by molar-refractivity contribution is 5.92. The molecule has 1 saturated heterocycles. The van der Waals surface area contributed by atoms with Crippen LogP contribution < -0.4 is 5.73 Å². The summed E-state index contributed by atoms with van der Waals surface area (Å²) < 4.78 is 0. The topological polar surface area (TPSA) is 83.6 Å². The van der Waals surface area contributed by atoms with Gasteiger partial charge in [-0.05, 0) is 30.5 Å². The largest absolute Gasteiger partial charge is 0.481 e. The average molecular weight is 288 g/mol. The predicted octanol–water partition coefficient (Wildman–Crippen LogP) is 1.48. The lowest BCUT2D eigenvalue weighted by atomic mass is 9.84. The molecule has 1 amide bonds. The summed E-state index contributed by atoms with van der Waals surface area (Å²) in [4.78, 5) is 25.4. The van der Waals surface area contributed by atoms with E-state index in [9.17, 15) is 9.59 Å². The van der Waals surface area contributed by atoms with Crippen molar-refractivity contribution in [2.75, 3.05) is 18.8 Å². The van der Waals surface area contributed by atoms with Gasteiger partial charge < -0.3 is 15.7 Å². The maximum atomic E-state index is 12.7. The minimum absolute atomic E-state index is 0.0775. The summed E-state index contributed by atoms with van der Waals surface area (Å²) in [5, 5.41) is 9.00. The fraction of sp³-hybridized carbons (Fsp3) is 0.500. The van der Waals surface area contributed by atoms with E-state index < -0.39 is 5.97 Å². The Bertz CT molecular complexity index is 572. The van der Waals surface area contributed by atoms with Crippen molar-refractivity contribution in [3.8, 4) is 0 Å². The average Bonchev–Trinajstić information content (AvgIpc) is 3.19. The van der Waals surface area contributed by atoms with E-state index in [2.05, 4.69) is 0 Å². The number of carboxylic acids is 1. The molecule has 1 aromatic carbocycles. The van der Waals surface area contributed by atoms with Gasteiger partial charge in [0.05, 0.1) is 11.3 Å². The molecule has 3 N–H and O–H groups in total. The van der Waals surface area contributed by atoms with Crippen molar-refractivity contribution in [3.63, 3.8) is 0 Å². The predicted molar refractivity (Wildman–Crippen MR) is 78.6 cm³/mol. The van der Waals surface area contributed by atoms with Crippen LogP contribution in [0.2, 0.25) is 0 Å². The van der Waals surface area contributed by atoms with Crippen LogP contribution in [0.25, 0.3) is 0 Å². The maximum absolute atomic E-state index is 12.7. The molecule has 3 rings (SSSR count). The second-order valence-corrected chi connectivity index (χ2v) is 6.30. The highest BCUT2D eigenvalue weighted by Gasteiger charge is 2.55. The van der Waals surface area contributed by atoms with Gasteiger partial charge in [0.1, 0.15) is 0 Å². The van der Waals surface area contributed by atoms with Crippen LogP contribution in [0.4, 0.5) is 5.69 Å². The van der Waals surface area contributed by atoms with Crippen LogP contribution in [-0.4, -0.2) is 35.0 Å². The Kier molecular flexibility index (Phi) is 3.15. The molecule has 0 aromatic heterocycles. The van der Waals surface area contributed by atoms with E-state index >= 15 is 0 Å².